The van der Waals surface area contributed by atoms with Gasteiger partial charge in [-0.15, -0.1) is 0 Å². The molecular formula is C20H20BrN3O4S. The van der Waals surface area contributed by atoms with E-state index >= 15 is 0 Å². The Hall–Kier alpha value is -2.20. The first-order valence-corrected chi connectivity index (χ1v) is 11.4. The zero-order valence-corrected chi connectivity index (χ0v) is 17.9. The lowest BCUT2D eigenvalue weighted by Crippen LogP contribution is -2.50. The fourth-order valence-electron chi connectivity index (χ4n) is 3.78. The molecule has 9 heteroatoms. The second kappa shape index (κ2) is 7.91. The van der Waals surface area contributed by atoms with Crippen LogP contribution in [0.15, 0.2) is 64.1 Å². The number of piperazine rings is 1. The lowest BCUT2D eigenvalue weighted by Gasteiger charge is -2.37. The molecule has 1 saturated heterocycles. The predicted molar refractivity (Wildman–Crippen MR) is 113 cm³/mol. The van der Waals surface area contributed by atoms with Gasteiger partial charge in [0.1, 0.15) is 6.04 Å². The van der Waals surface area contributed by atoms with Crippen LogP contribution in [0.5, 0.6) is 0 Å². The topological polar surface area (TPSA) is 93.7 Å². The summed E-state index contributed by atoms with van der Waals surface area (Å²) in [5.74, 6) is -0.951. The van der Waals surface area contributed by atoms with Crippen molar-refractivity contribution < 1.29 is 18.3 Å². The van der Waals surface area contributed by atoms with Crippen LogP contribution in [0.4, 0.5) is 0 Å². The van der Waals surface area contributed by atoms with E-state index in [9.17, 15) is 18.3 Å². The molecule has 0 radical (unpaired) electrons. The molecule has 1 aromatic heterocycles. The fourth-order valence-corrected chi connectivity index (χ4v) is 5.58. The molecule has 2 heterocycles. The Morgan fingerprint density at radius 2 is 1.76 bits per heavy atom. The highest BCUT2D eigenvalue weighted by Gasteiger charge is 2.35. The van der Waals surface area contributed by atoms with Crippen LogP contribution < -0.4 is 0 Å². The molecule has 2 N–H and O–H groups in total. The summed E-state index contributed by atoms with van der Waals surface area (Å²) < 4.78 is 28.0. The number of carboxylic acids is 1. The number of hydrogen-bond donors (Lipinski definition) is 2. The number of carboxylic acid groups (broad SMARTS) is 1. The van der Waals surface area contributed by atoms with Gasteiger partial charge in [0.25, 0.3) is 0 Å². The third kappa shape index (κ3) is 3.83. The van der Waals surface area contributed by atoms with Crippen LogP contribution in [-0.2, 0) is 14.8 Å². The second-order valence-electron chi connectivity index (χ2n) is 6.93. The molecule has 2 aromatic carbocycles. The quantitative estimate of drug-likeness (QED) is 0.588. The van der Waals surface area contributed by atoms with Gasteiger partial charge >= 0.3 is 5.97 Å². The van der Waals surface area contributed by atoms with Gasteiger partial charge in [-0.2, -0.15) is 4.31 Å². The van der Waals surface area contributed by atoms with Crippen molar-refractivity contribution in [2.75, 3.05) is 26.2 Å². The summed E-state index contributed by atoms with van der Waals surface area (Å²) in [4.78, 5) is 17.3. The number of H-pyrrole nitrogens is 1. The number of nitrogens with one attached hydrogen (secondary N) is 1. The van der Waals surface area contributed by atoms with Crippen LogP contribution in [0, 0.1) is 0 Å². The fraction of sp³-hybridized carbons (Fsp3) is 0.250. The minimum absolute atomic E-state index is 0.245. The average Bonchev–Trinajstić information content (AvgIpc) is 3.11. The van der Waals surface area contributed by atoms with Crippen molar-refractivity contribution in [1.82, 2.24) is 14.2 Å². The van der Waals surface area contributed by atoms with Gasteiger partial charge < -0.3 is 10.1 Å². The maximum atomic E-state index is 12.8. The molecule has 0 bridgehead atoms. The van der Waals surface area contributed by atoms with Gasteiger partial charge in [-0.05, 0) is 24.3 Å². The molecule has 4 rings (SSSR count). The summed E-state index contributed by atoms with van der Waals surface area (Å²) in [5, 5.41) is 10.8. The summed E-state index contributed by atoms with van der Waals surface area (Å²) in [5.41, 5.74) is 1.53. The number of aromatic amines is 1. The molecule has 3 aromatic rings. The number of rotatable bonds is 5. The Kier molecular flexibility index (Phi) is 5.48. The Morgan fingerprint density at radius 1 is 1.07 bits per heavy atom. The lowest BCUT2D eigenvalue weighted by molar-refractivity contribution is -0.144. The highest BCUT2D eigenvalue weighted by molar-refractivity contribution is 9.10. The summed E-state index contributed by atoms with van der Waals surface area (Å²) in [7, 11) is -3.58. The molecule has 1 aliphatic rings. The third-order valence-electron chi connectivity index (χ3n) is 5.22. The Bertz CT molecular complexity index is 1140. The molecule has 29 heavy (non-hydrogen) atoms. The monoisotopic (exact) mass is 477 g/mol. The van der Waals surface area contributed by atoms with Gasteiger partial charge in [0.05, 0.1) is 4.90 Å². The van der Waals surface area contributed by atoms with Gasteiger partial charge in [0.15, 0.2) is 0 Å². The van der Waals surface area contributed by atoms with Gasteiger partial charge in [0.2, 0.25) is 10.0 Å². The van der Waals surface area contributed by atoms with Crippen LogP contribution in [-0.4, -0.2) is 59.9 Å². The highest BCUT2D eigenvalue weighted by Crippen LogP contribution is 2.31. The average molecular weight is 478 g/mol. The third-order valence-corrected chi connectivity index (χ3v) is 7.63. The first-order chi connectivity index (χ1) is 13.9. The molecule has 0 unspecified atom stereocenters. The number of aliphatic carboxylic acids is 1. The Balaban J connectivity index is 1.56. The molecule has 1 atom stereocenters. The van der Waals surface area contributed by atoms with E-state index in [1.54, 1.807) is 36.5 Å². The number of nitrogens with zero attached hydrogens (tertiary/aromatic N) is 2. The minimum atomic E-state index is -3.58. The molecular weight excluding hydrogens is 458 g/mol. The Labute approximate surface area is 177 Å². The standard InChI is InChI=1S/C20H20BrN3O4S/c21-14-6-7-16-17(13-22-18(16)12-14)19(20(25)26)23-8-10-24(11-9-23)29(27,28)15-4-2-1-3-5-15/h1-7,12-13,19,22H,8-11H2,(H,25,26)/t19-/m0/s1. The predicted octanol–water partition coefficient (Wildman–Crippen LogP) is 3.06. The summed E-state index contributed by atoms with van der Waals surface area (Å²) in [6.07, 6.45) is 1.73. The van der Waals surface area contributed by atoms with E-state index in [4.69, 9.17) is 0 Å². The second-order valence-corrected chi connectivity index (χ2v) is 9.78. The number of fused-ring (bicyclic) bond motifs is 1. The van der Waals surface area contributed by atoms with Crippen molar-refractivity contribution in [3.63, 3.8) is 0 Å². The minimum Gasteiger partial charge on any atom is -0.480 e. The summed E-state index contributed by atoms with van der Waals surface area (Å²) in [6.45, 7) is 1.17. The number of sulfonamides is 1. The van der Waals surface area contributed by atoms with E-state index in [1.807, 2.05) is 23.1 Å². The number of carbonyl (C=O) groups is 1. The lowest BCUT2D eigenvalue weighted by atomic mass is 10.0. The van der Waals surface area contributed by atoms with Gasteiger partial charge in [0, 0.05) is 53.3 Å². The van der Waals surface area contributed by atoms with Gasteiger partial charge in [-0.3, -0.25) is 9.69 Å². The smallest absolute Gasteiger partial charge is 0.325 e. The molecule has 1 aliphatic heterocycles. The number of hydrogen-bond acceptors (Lipinski definition) is 4. The molecule has 7 nitrogen and oxygen atoms in total. The van der Waals surface area contributed by atoms with Crippen LogP contribution in [0.25, 0.3) is 10.9 Å². The van der Waals surface area contributed by atoms with E-state index < -0.39 is 22.0 Å². The summed E-state index contributed by atoms with van der Waals surface area (Å²) in [6, 6.07) is 13.1. The molecule has 1 fully saturated rings. The van der Waals surface area contributed by atoms with Gasteiger partial charge in [-0.1, -0.05) is 40.2 Å². The normalized spacial score (nSPS) is 17.4. The zero-order valence-electron chi connectivity index (χ0n) is 15.5. The van der Waals surface area contributed by atoms with Crippen molar-refractivity contribution in [2.45, 2.75) is 10.9 Å². The Morgan fingerprint density at radius 3 is 2.41 bits per heavy atom. The van der Waals surface area contributed by atoms with Crippen molar-refractivity contribution in [2.24, 2.45) is 0 Å². The summed E-state index contributed by atoms with van der Waals surface area (Å²) >= 11 is 3.42. The van der Waals surface area contributed by atoms with E-state index in [-0.39, 0.29) is 18.0 Å². The first kappa shape index (κ1) is 20.1. The van der Waals surface area contributed by atoms with Crippen LogP contribution in [0.2, 0.25) is 0 Å². The van der Waals surface area contributed by atoms with E-state index in [0.717, 1.165) is 15.4 Å². The van der Waals surface area contributed by atoms with Crippen molar-refractivity contribution in [3.8, 4) is 0 Å². The van der Waals surface area contributed by atoms with Crippen LogP contribution in [0.1, 0.15) is 11.6 Å². The molecule has 0 amide bonds. The SMILES string of the molecule is O=C(O)[C@H](c1c[nH]c2cc(Br)ccc12)N1CCN(S(=O)(=O)c2ccccc2)CC1. The molecule has 0 aliphatic carbocycles. The number of halogens is 1. The van der Waals surface area contributed by atoms with Crippen molar-refractivity contribution in [3.05, 3.63) is 64.8 Å². The van der Waals surface area contributed by atoms with E-state index in [1.165, 1.54) is 4.31 Å². The van der Waals surface area contributed by atoms with Crippen molar-refractivity contribution in [1.29, 1.82) is 0 Å². The largest absolute Gasteiger partial charge is 0.480 e. The van der Waals surface area contributed by atoms with E-state index in [2.05, 4.69) is 20.9 Å². The van der Waals surface area contributed by atoms with Crippen LogP contribution >= 0.6 is 15.9 Å². The number of benzene rings is 2. The molecule has 0 saturated carbocycles. The maximum absolute atomic E-state index is 12.8. The zero-order chi connectivity index (χ0) is 20.6. The molecule has 152 valence electrons. The first-order valence-electron chi connectivity index (χ1n) is 9.16. The molecule has 0 spiro atoms. The van der Waals surface area contributed by atoms with Gasteiger partial charge in [-0.25, -0.2) is 8.42 Å². The van der Waals surface area contributed by atoms with Crippen LogP contribution in [0.3, 0.4) is 0 Å². The highest BCUT2D eigenvalue weighted by atomic mass is 79.9. The van der Waals surface area contributed by atoms with E-state index in [0.29, 0.717) is 18.7 Å². The number of aromatic nitrogens is 1. The van der Waals surface area contributed by atoms with Crippen molar-refractivity contribution >= 4 is 42.8 Å². The maximum Gasteiger partial charge on any atom is 0.325 e.